The predicted molar refractivity (Wildman–Crippen MR) is 118 cm³/mol. The number of carbonyl (C=O) groups excluding carboxylic acids is 2. The van der Waals surface area contributed by atoms with Crippen molar-refractivity contribution in [2.45, 2.75) is 57.8 Å². The minimum Gasteiger partial charge on any atom is -0.341 e. The molecule has 0 unspecified atom stereocenters. The summed E-state index contributed by atoms with van der Waals surface area (Å²) in [6.07, 6.45) is 9.61. The molecule has 5 fully saturated rings. The molecule has 1 saturated heterocycles. The van der Waals surface area contributed by atoms with Crippen molar-refractivity contribution in [2.24, 2.45) is 23.2 Å². The number of hydrogen-bond acceptors (Lipinski definition) is 2. The SMILES string of the molecule is O=C(CCc1ccc(Cl)cc1)N1CCCN(C(=O)C23CC4CC(CC(C4)C2)C3)CC1. The molecule has 4 saturated carbocycles. The van der Waals surface area contributed by atoms with Gasteiger partial charge in [-0.1, -0.05) is 23.7 Å². The first-order valence-electron chi connectivity index (χ1n) is 11.8. The second-order valence-electron chi connectivity index (χ2n) is 10.4. The monoisotopic (exact) mass is 428 g/mol. The van der Waals surface area contributed by atoms with E-state index in [0.29, 0.717) is 25.4 Å². The van der Waals surface area contributed by atoms with E-state index in [-0.39, 0.29) is 11.3 Å². The van der Waals surface area contributed by atoms with Crippen molar-refractivity contribution < 1.29 is 9.59 Å². The van der Waals surface area contributed by atoms with Crippen LogP contribution >= 0.6 is 11.6 Å². The molecule has 30 heavy (non-hydrogen) atoms. The number of nitrogens with zero attached hydrogens (tertiary/aromatic N) is 2. The van der Waals surface area contributed by atoms with Gasteiger partial charge in [-0.05, 0) is 86.8 Å². The molecule has 1 aromatic rings. The Hall–Kier alpha value is -1.55. The van der Waals surface area contributed by atoms with Gasteiger partial charge in [0.25, 0.3) is 0 Å². The van der Waals surface area contributed by atoms with Gasteiger partial charge in [0, 0.05) is 37.6 Å². The van der Waals surface area contributed by atoms with Crippen molar-refractivity contribution >= 4 is 23.4 Å². The highest BCUT2D eigenvalue weighted by Crippen LogP contribution is 2.60. The van der Waals surface area contributed by atoms with Gasteiger partial charge in [-0.25, -0.2) is 0 Å². The molecule has 0 spiro atoms. The lowest BCUT2D eigenvalue weighted by atomic mass is 9.49. The molecule has 162 valence electrons. The van der Waals surface area contributed by atoms with E-state index in [1.807, 2.05) is 29.2 Å². The van der Waals surface area contributed by atoms with Gasteiger partial charge >= 0.3 is 0 Å². The fourth-order valence-corrected chi connectivity index (χ4v) is 7.26. The molecule has 0 atom stereocenters. The molecule has 5 aliphatic rings. The van der Waals surface area contributed by atoms with Crippen LogP contribution in [0.3, 0.4) is 0 Å². The van der Waals surface area contributed by atoms with E-state index in [1.54, 1.807) is 0 Å². The van der Waals surface area contributed by atoms with Crippen LogP contribution < -0.4 is 0 Å². The Labute approximate surface area is 184 Å². The first-order valence-corrected chi connectivity index (χ1v) is 12.2. The average Bonchev–Trinajstić information content (AvgIpc) is 2.98. The summed E-state index contributed by atoms with van der Waals surface area (Å²) in [6, 6.07) is 7.73. The lowest BCUT2D eigenvalue weighted by Gasteiger charge is -2.56. The van der Waals surface area contributed by atoms with E-state index in [1.165, 1.54) is 19.3 Å². The molecular formula is C25H33ClN2O2. The molecular weight excluding hydrogens is 396 g/mol. The largest absolute Gasteiger partial charge is 0.341 e. The van der Waals surface area contributed by atoms with Crippen LogP contribution in [0, 0.1) is 23.2 Å². The van der Waals surface area contributed by atoms with E-state index in [4.69, 9.17) is 11.6 Å². The van der Waals surface area contributed by atoms with Crippen LogP contribution in [0.2, 0.25) is 5.02 Å². The van der Waals surface area contributed by atoms with E-state index in [2.05, 4.69) is 4.90 Å². The number of aryl methyl sites for hydroxylation is 1. The number of benzene rings is 1. The van der Waals surface area contributed by atoms with Crippen LogP contribution in [-0.2, 0) is 16.0 Å². The maximum atomic E-state index is 13.6. The summed E-state index contributed by atoms with van der Waals surface area (Å²) in [4.78, 5) is 30.5. The van der Waals surface area contributed by atoms with Crippen LogP contribution in [-0.4, -0.2) is 47.8 Å². The van der Waals surface area contributed by atoms with Gasteiger partial charge in [-0.15, -0.1) is 0 Å². The summed E-state index contributed by atoms with van der Waals surface area (Å²) < 4.78 is 0. The Morgan fingerprint density at radius 3 is 2.07 bits per heavy atom. The number of rotatable bonds is 4. The highest BCUT2D eigenvalue weighted by atomic mass is 35.5. The summed E-state index contributed by atoms with van der Waals surface area (Å²) in [5, 5.41) is 0.723. The summed E-state index contributed by atoms with van der Waals surface area (Å²) >= 11 is 5.94. The lowest BCUT2D eigenvalue weighted by molar-refractivity contribution is -0.157. The van der Waals surface area contributed by atoms with E-state index in [9.17, 15) is 9.59 Å². The third-order valence-electron chi connectivity index (χ3n) is 8.17. The quantitative estimate of drug-likeness (QED) is 0.705. The van der Waals surface area contributed by atoms with E-state index < -0.39 is 0 Å². The number of carbonyl (C=O) groups is 2. The second-order valence-corrected chi connectivity index (χ2v) is 10.8. The van der Waals surface area contributed by atoms with Gasteiger partial charge in [-0.2, -0.15) is 0 Å². The maximum Gasteiger partial charge on any atom is 0.228 e. The third kappa shape index (κ3) is 4.00. The van der Waals surface area contributed by atoms with Gasteiger partial charge in [0.15, 0.2) is 0 Å². The third-order valence-corrected chi connectivity index (χ3v) is 8.42. The second kappa shape index (κ2) is 8.18. The van der Waals surface area contributed by atoms with Crippen molar-refractivity contribution in [1.29, 1.82) is 0 Å². The summed E-state index contributed by atoms with van der Waals surface area (Å²) in [5.41, 5.74) is 1.07. The van der Waals surface area contributed by atoms with Crippen LogP contribution in [0.5, 0.6) is 0 Å². The number of amides is 2. The zero-order valence-corrected chi connectivity index (χ0v) is 18.6. The van der Waals surface area contributed by atoms with Crippen LogP contribution in [0.1, 0.15) is 56.9 Å². The zero-order valence-electron chi connectivity index (χ0n) is 17.8. The fraction of sp³-hybridized carbons (Fsp3) is 0.680. The van der Waals surface area contributed by atoms with Gasteiger partial charge in [0.1, 0.15) is 0 Å². The molecule has 4 nitrogen and oxygen atoms in total. The van der Waals surface area contributed by atoms with Crippen molar-refractivity contribution in [3.63, 3.8) is 0 Å². The highest BCUT2D eigenvalue weighted by Gasteiger charge is 2.55. The zero-order chi connectivity index (χ0) is 20.7. The van der Waals surface area contributed by atoms with Gasteiger partial charge in [-0.3, -0.25) is 9.59 Å². The Kier molecular flexibility index (Phi) is 5.55. The summed E-state index contributed by atoms with van der Waals surface area (Å²) in [5.74, 6) is 2.99. The first kappa shape index (κ1) is 20.4. The van der Waals surface area contributed by atoms with Crippen molar-refractivity contribution in [2.75, 3.05) is 26.2 Å². The minimum atomic E-state index is -0.0670. The van der Waals surface area contributed by atoms with Crippen molar-refractivity contribution in [3.8, 4) is 0 Å². The lowest BCUT2D eigenvalue weighted by Crippen LogP contribution is -2.55. The molecule has 0 N–H and O–H groups in total. The molecule has 1 heterocycles. The molecule has 4 aliphatic carbocycles. The Morgan fingerprint density at radius 2 is 1.43 bits per heavy atom. The number of hydrogen-bond donors (Lipinski definition) is 0. The maximum absolute atomic E-state index is 13.6. The molecule has 1 aromatic carbocycles. The summed E-state index contributed by atoms with van der Waals surface area (Å²) in [7, 11) is 0. The predicted octanol–water partition coefficient (Wildman–Crippen LogP) is 4.55. The molecule has 0 aromatic heterocycles. The Bertz CT molecular complexity index is 771. The number of halogens is 1. The first-order chi connectivity index (χ1) is 14.5. The van der Waals surface area contributed by atoms with E-state index in [0.717, 1.165) is 73.5 Å². The average molecular weight is 429 g/mol. The smallest absolute Gasteiger partial charge is 0.228 e. The molecule has 5 heteroatoms. The minimum absolute atomic E-state index is 0.0670. The van der Waals surface area contributed by atoms with Crippen LogP contribution in [0.15, 0.2) is 24.3 Å². The standard InChI is InChI=1S/C25H33ClN2O2/c26-22-5-2-18(3-6-22)4-7-23(29)27-8-1-9-28(11-10-27)24(30)25-15-19-12-20(16-25)14-21(13-19)17-25/h2-3,5-6,19-21H,1,4,7-17H2. The normalized spacial score (nSPS) is 32.9. The topological polar surface area (TPSA) is 40.6 Å². The van der Waals surface area contributed by atoms with Crippen LogP contribution in [0.4, 0.5) is 0 Å². The highest BCUT2D eigenvalue weighted by molar-refractivity contribution is 6.30. The fourth-order valence-electron chi connectivity index (χ4n) is 7.14. The molecule has 4 bridgehead atoms. The Morgan fingerprint density at radius 1 is 0.867 bits per heavy atom. The molecule has 6 rings (SSSR count). The van der Waals surface area contributed by atoms with Crippen LogP contribution in [0.25, 0.3) is 0 Å². The van der Waals surface area contributed by atoms with E-state index >= 15 is 0 Å². The summed E-state index contributed by atoms with van der Waals surface area (Å²) in [6.45, 7) is 2.95. The molecule has 0 radical (unpaired) electrons. The molecule has 1 aliphatic heterocycles. The van der Waals surface area contributed by atoms with Gasteiger partial charge in [0.05, 0.1) is 5.41 Å². The van der Waals surface area contributed by atoms with Crippen molar-refractivity contribution in [1.82, 2.24) is 9.80 Å². The molecule has 2 amide bonds. The van der Waals surface area contributed by atoms with Gasteiger partial charge in [0.2, 0.25) is 11.8 Å². The Balaban J connectivity index is 1.17. The van der Waals surface area contributed by atoms with Gasteiger partial charge < -0.3 is 9.80 Å². The van der Waals surface area contributed by atoms with Crippen molar-refractivity contribution in [3.05, 3.63) is 34.9 Å².